The van der Waals surface area contributed by atoms with Gasteiger partial charge in [0.1, 0.15) is 11.3 Å². The summed E-state index contributed by atoms with van der Waals surface area (Å²) >= 11 is 0. The summed E-state index contributed by atoms with van der Waals surface area (Å²) in [5, 5.41) is 31.2. The Morgan fingerprint density at radius 1 is 1.13 bits per heavy atom. The normalized spacial score (nSPS) is 12.1. The predicted octanol–water partition coefficient (Wildman–Crippen LogP) is 1.82. The number of hydrogen-bond donors (Lipinski definition) is 3. The van der Waals surface area contributed by atoms with Crippen molar-refractivity contribution >= 4 is 24.0 Å². The number of benzene rings is 2. The number of aryl methyl sites for hydroxylation is 1. The minimum atomic E-state index is -1.70. The lowest BCUT2D eigenvalue weighted by molar-refractivity contribution is -0.121. The number of para-hydroxylation sites is 1. The van der Waals surface area contributed by atoms with Crippen molar-refractivity contribution in [2.45, 2.75) is 25.3 Å². The molecule has 0 fully saturated rings. The molecule has 0 spiro atoms. The van der Waals surface area contributed by atoms with Crippen molar-refractivity contribution < 1.29 is 19.3 Å². The molecule has 8 nitrogen and oxygen atoms in total. The molecule has 2 aromatic heterocycles. The molecule has 2 aromatic carbocycles. The zero-order valence-electron chi connectivity index (χ0n) is 16.2. The molecule has 3 N–H and O–H groups in total. The average Bonchev–Trinajstić information content (AvgIpc) is 3.40. The number of carbonyl (C=O) groups is 1. The van der Waals surface area contributed by atoms with E-state index in [0.29, 0.717) is 12.1 Å². The molecule has 30 heavy (non-hydrogen) atoms. The van der Waals surface area contributed by atoms with Gasteiger partial charge < -0.3 is 19.8 Å². The number of fused-ring (bicyclic) bond motifs is 1. The molecule has 4 rings (SSSR count). The minimum absolute atomic E-state index is 0.132. The van der Waals surface area contributed by atoms with Crippen molar-refractivity contribution in [1.82, 2.24) is 20.3 Å². The lowest BCUT2D eigenvalue weighted by atomic mass is 9.76. The SMILES string of the molecule is O=C(CCn1cc(-c2ccccc2)nn1)NC(Cc1coc2ccccc12)B(O)O. The Bertz CT molecular complexity index is 1130. The van der Waals surface area contributed by atoms with Crippen LogP contribution in [0.1, 0.15) is 12.0 Å². The first-order valence-electron chi connectivity index (χ1n) is 9.66. The van der Waals surface area contributed by atoms with Gasteiger partial charge in [-0.3, -0.25) is 9.48 Å². The standard InChI is InChI=1S/C21H21BN4O4/c27-21(10-11-26-13-18(24-25-26)15-6-2-1-3-7-15)23-20(22(28)29)12-16-14-30-19-9-5-4-8-17(16)19/h1-9,13-14,20,28-29H,10-12H2,(H,23,27). The molecule has 0 aliphatic heterocycles. The van der Waals surface area contributed by atoms with Crippen molar-refractivity contribution in [2.75, 3.05) is 0 Å². The molecule has 1 atom stereocenters. The van der Waals surface area contributed by atoms with Crippen LogP contribution in [0.3, 0.4) is 0 Å². The quantitative estimate of drug-likeness (QED) is 0.386. The van der Waals surface area contributed by atoms with Gasteiger partial charge in [0.25, 0.3) is 0 Å². The Morgan fingerprint density at radius 3 is 2.70 bits per heavy atom. The molecule has 152 valence electrons. The largest absolute Gasteiger partial charge is 0.475 e. The number of carbonyl (C=O) groups excluding carboxylic acids is 1. The fourth-order valence-corrected chi connectivity index (χ4v) is 3.30. The third-order valence-electron chi connectivity index (χ3n) is 4.88. The van der Waals surface area contributed by atoms with Crippen molar-refractivity contribution in [1.29, 1.82) is 0 Å². The third kappa shape index (κ3) is 4.59. The fraction of sp³-hybridized carbons (Fsp3) is 0.190. The van der Waals surface area contributed by atoms with E-state index in [9.17, 15) is 14.8 Å². The zero-order valence-corrected chi connectivity index (χ0v) is 16.2. The van der Waals surface area contributed by atoms with E-state index in [-0.39, 0.29) is 18.7 Å². The van der Waals surface area contributed by atoms with Crippen LogP contribution in [0, 0.1) is 0 Å². The number of aromatic nitrogens is 3. The van der Waals surface area contributed by atoms with Crippen LogP contribution in [0.4, 0.5) is 0 Å². The van der Waals surface area contributed by atoms with Crippen LogP contribution in [0.15, 0.2) is 71.5 Å². The summed E-state index contributed by atoms with van der Waals surface area (Å²) in [5.41, 5.74) is 3.19. The van der Waals surface area contributed by atoms with Crippen molar-refractivity contribution in [3.05, 3.63) is 72.6 Å². The molecule has 1 amide bonds. The maximum atomic E-state index is 12.4. The Labute approximate surface area is 173 Å². The Hall–Kier alpha value is -3.43. The second-order valence-corrected chi connectivity index (χ2v) is 7.03. The Morgan fingerprint density at radius 2 is 1.90 bits per heavy atom. The lowest BCUT2D eigenvalue weighted by Gasteiger charge is -2.17. The second-order valence-electron chi connectivity index (χ2n) is 7.03. The first kappa shape index (κ1) is 19.9. The van der Waals surface area contributed by atoms with Crippen LogP contribution in [0.25, 0.3) is 22.2 Å². The molecule has 0 saturated carbocycles. The molecule has 9 heteroatoms. The first-order valence-corrected chi connectivity index (χ1v) is 9.66. The molecular formula is C21H21BN4O4. The summed E-state index contributed by atoms with van der Waals surface area (Å²) in [6, 6.07) is 17.1. The lowest BCUT2D eigenvalue weighted by Crippen LogP contribution is -2.48. The molecule has 2 heterocycles. The summed E-state index contributed by atoms with van der Waals surface area (Å²) in [6.45, 7) is 0.328. The van der Waals surface area contributed by atoms with Gasteiger partial charge in [0.05, 0.1) is 24.9 Å². The number of rotatable bonds is 8. The summed E-state index contributed by atoms with van der Waals surface area (Å²) in [4.78, 5) is 12.4. The number of nitrogens with zero attached hydrogens (tertiary/aromatic N) is 3. The molecule has 0 aliphatic rings. The van der Waals surface area contributed by atoms with Crippen LogP contribution in [0.5, 0.6) is 0 Å². The van der Waals surface area contributed by atoms with Gasteiger partial charge in [-0.15, -0.1) is 5.10 Å². The van der Waals surface area contributed by atoms with Gasteiger partial charge in [-0.25, -0.2) is 0 Å². The van der Waals surface area contributed by atoms with Crippen molar-refractivity contribution in [3.8, 4) is 11.3 Å². The van der Waals surface area contributed by atoms with E-state index in [0.717, 1.165) is 22.2 Å². The molecule has 0 radical (unpaired) electrons. The second kappa shape index (κ2) is 8.94. The minimum Gasteiger partial charge on any atom is -0.464 e. The average molecular weight is 404 g/mol. The monoisotopic (exact) mass is 404 g/mol. The van der Waals surface area contributed by atoms with Gasteiger partial charge in [0.15, 0.2) is 0 Å². The summed E-state index contributed by atoms with van der Waals surface area (Å²) in [5.74, 6) is -1.16. The highest BCUT2D eigenvalue weighted by atomic mass is 16.4. The Balaban J connectivity index is 1.35. The van der Waals surface area contributed by atoms with Crippen molar-refractivity contribution in [2.24, 2.45) is 0 Å². The zero-order chi connectivity index (χ0) is 20.9. The molecule has 4 aromatic rings. The van der Waals surface area contributed by atoms with E-state index in [1.54, 1.807) is 17.1 Å². The van der Waals surface area contributed by atoms with Crippen LogP contribution in [-0.2, 0) is 17.8 Å². The van der Waals surface area contributed by atoms with Crippen LogP contribution in [-0.4, -0.2) is 44.0 Å². The van der Waals surface area contributed by atoms with Gasteiger partial charge in [-0.1, -0.05) is 53.7 Å². The van der Waals surface area contributed by atoms with E-state index in [1.165, 1.54) is 0 Å². The molecule has 0 saturated heterocycles. The molecule has 0 bridgehead atoms. The maximum absolute atomic E-state index is 12.4. The summed E-state index contributed by atoms with van der Waals surface area (Å²) < 4.78 is 7.08. The molecule has 1 unspecified atom stereocenters. The van der Waals surface area contributed by atoms with E-state index < -0.39 is 13.1 Å². The summed E-state index contributed by atoms with van der Waals surface area (Å²) in [7, 11) is -1.70. The first-order chi connectivity index (χ1) is 14.6. The topological polar surface area (TPSA) is 113 Å². The van der Waals surface area contributed by atoms with Crippen LogP contribution in [0.2, 0.25) is 0 Å². The predicted molar refractivity (Wildman–Crippen MR) is 112 cm³/mol. The number of furan rings is 1. The van der Waals surface area contributed by atoms with E-state index in [4.69, 9.17) is 4.42 Å². The highest BCUT2D eigenvalue weighted by molar-refractivity contribution is 6.43. The maximum Gasteiger partial charge on any atom is 0.475 e. The highest BCUT2D eigenvalue weighted by Gasteiger charge is 2.26. The van der Waals surface area contributed by atoms with Gasteiger partial charge in [-0.2, -0.15) is 0 Å². The van der Waals surface area contributed by atoms with Gasteiger partial charge in [-0.05, 0) is 18.1 Å². The van der Waals surface area contributed by atoms with Gasteiger partial charge in [0, 0.05) is 17.4 Å². The number of hydrogen-bond acceptors (Lipinski definition) is 6. The van der Waals surface area contributed by atoms with Crippen LogP contribution >= 0.6 is 0 Å². The third-order valence-corrected chi connectivity index (χ3v) is 4.88. The summed E-state index contributed by atoms with van der Waals surface area (Å²) in [6.07, 6.45) is 3.72. The van der Waals surface area contributed by atoms with Crippen molar-refractivity contribution in [3.63, 3.8) is 0 Å². The van der Waals surface area contributed by atoms with Gasteiger partial charge in [0.2, 0.25) is 5.91 Å². The highest BCUT2D eigenvalue weighted by Crippen LogP contribution is 2.22. The smallest absolute Gasteiger partial charge is 0.464 e. The number of nitrogens with one attached hydrogen (secondary N) is 1. The van der Waals surface area contributed by atoms with E-state index >= 15 is 0 Å². The Kier molecular flexibility index (Phi) is 5.92. The molecular weight excluding hydrogens is 383 g/mol. The van der Waals surface area contributed by atoms with Crippen LogP contribution < -0.4 is 5.32 Å². The fourth-order valence-electron chi connectivity index (χ4n) is 3.30. The van der Waals surface area contributed by atoms with Gasteiger partial charge >= 0.3 is 7.12 Å². The molecule has 0 aliphatic carbocycles. The number of amides is 1. The van der Waals surface area contributed by atoms with E-state index in [1.807, 2.05) is 54.6 Å². The van der Waals surface area contributed by atoms with E-state index in [2.05, 4.69) is 15.6 Å².